The van der Waals surface area contributed by atoms with E-state index in [1.807, 2.05) is 91.0 Å². The number of ether oxygens (including phenoxy) is 2. The van der Waals surface area contributed by atoms with Crippen LogP contribution in [0.1, 0.15) is 81.9 Å². The third-order valence-electron chi connectivity index (χ3n) is 10.5. The van der Waals surface area contributed by atoms with E-state index in [1.165, 1.54) is 20.3 Å². The fourth-order valence-electron chi connectivity index (χ4n) is 7.19. The van der Waals surface area contributed by atoms with Crippen molar-refractivity contribution in [2.45, 2.75) is 19.6 Å². The highest BCUT2D eigenvalue weighted by Gasteiger charge is 2.21. The number of methoxy groups -OCH3 is 2. The van der Waals surface area contributed by atoms with E-state index in [0.29, 0.717) is 98.4 Å². The minimum atomic E-state index is -1.14. The number of carboxylic acid groups (broad SMARTS) is 1. The summed E-state index contributed by atoms with van der Waals surface area (Å²) in [7, 11) is 2.63. The van der Waals surface area contributed by atoms with Gasteiger partial charge in [-0.1, -0.05) is 78.0 Å². The minimum absolute atomic E-state index is 0.0914. The van der Waals surface area contributed by atoms with Crippen molar-refractivity contribution in [1.29, 1.82) is 0 Å². The maximum absolute atomic E-state index is 12.9. The van der Waals surface area contributed by atoms with Crippen molar-refractivity contribution in [3.63, 3.8) is 0 Å². The third kappa shape index (κ3) is 13.4. The van der Waals surface area contributed by atoms with Gasteiger partial charge < -0.3 is 20.3 Å². The molecule has 0 bridgehead atoms. The molecule has 13 nitrogen and oxygen atoms in total. The van der Waals surface area contributed by atoms with E-state index in [-0.39, 0.29) is 17.1 Å². The molecule has 0 unspecified atom stereocenters. The number of aromatic carboxylic acids is 1. The molecule has 6 aromatic rings. The summed E-state index contributed by atoms with van der Waals surface area (Å²) < 4.78 is 10.1. The van der Waals surface area contributed by atoms with Gasteiger partial charge in [0.15, 0.2) is 0 Å². The van der Waals surface area contributed by atoms with Crippen LogP contribution in [0.2, 0.25) is 0 Å². The molecule has 0 radical (unpaired) electrons. The molecule has 0 atom stereocenters. The lowest BCUT2D eigenvalue weighted by molar-refractivity contribution is 0.0584. The number of pyridine rings is 3. The molecule has 1 aliphatic rings. The first kappa shape index (κ1) is 45.9. The van der Waals surface area contributed by atoms with Crippen molar-refractivity contribution in [2.75, 3.05) is 59.2 Å². The van der Waals surface area contributed by atoms with E-state index in [2.05, 4.69) is 55.2 Å². The molecule has 3 N–H and O–H groups in total. The van der Waals surface area contributed by atoms with Crippen LogP contribution in [0.4, 0.5) is 5.69 Å². The smallest absolute Gasteiger partial charge is 0.356 e. The van der Waals surface area contributed by atoms with Crippen LogP contribution in [0.25, 0.3) is 0 Å². The molecule has 0 amide bonds. The number of benzene rings is 3. The Morgan fingerprint density at radius 3 is 1.21 bits per heavy atom. The molecular weight excluding hydrogens is 831 g/mol. The Morgan fingerprint density at radius 1 is 0.485 bits per heavy atom. The lowest BCUT2D eigenvalue weighted by atomic mass is 10.1. The van der Waals surface area contributed by atoms with Gasteiger partial charge in [-0.25, -0.2) is 29.3 Å². The van der Waals surface area contributed by atoms with Gasteiger partial charge in [-0.15, -0.1) is 0 Å². The van der Waals surface area contributed by atoms with Crippen molar-refractivity contribution in [2.24, 2.45) is 0 Å². The molecule has 0 spiro atoms. The molecule has 3 aromatic heterocycles. The van der Waals surface area contributed by atoms with Crippen molar-refractivity contribution in [3.8, 4) is 35.5 Å². The van der Waals surface area contributed by atoms with Crippen molar-refractivity contribution in [3.05, 3.63) is 189 Å². The second-order valence-corrected chi connectivity index (χ2v) is 15.4. The molecule has 3 aromatic carbocycles. The number of carboxylic acids is 1. The molecule has 13 heteroatoms. The van der Waals surface area contributed by atoms with Crippen LogP contribution in [-0.2, 0) is 29.1 Å². The second-order valence-electron chi connectivity index (χ2n) is 15.4. The first-order chi connectivity index (χ1) is 32.1. The summed E-state index contributed by atoms with van der Waals surface area (Å²) in [6.07, 6.45) is 0. The van der Waals surface area contributed by atoms with Crippen LogP contribution in [0.3, 0.4) is 0 Å². The van der Waals surface area contributed by atoms with Crippen LogP contribution in [0.15, 0.2) is 121 Å². The number of nitrogens with two attached hydrogens (primary N) is 1. The van der Waals surface area contributed by atoms with Gasteiger partial charge >= 0.3 is 17.9 Å². The van der Waals surface area contributed by atoms with E-state index in [1.54, 1.807) is 24.3 Å². The van der Waals surface area contributed by atoms with Gasteiger partial charge in [-0.2, -0.15) is 0 Å². The van der Waals surface area contributed by atoms with Crippen LogP contribution in [0, 0.1) is 35.5 Å². The average Bonchev–Trinajstić information content (AvgIpc) is 3.42. The van der Waals surface area contributed by atoms with Crippen LogP contribution >= 0.6 is 0 Å². The SMILES string of the molecule is COC(=O)c1cc(C#Cc2ccccc2)cc(CN2CCN(Cc3cc(C#Cc4ccccc4)cc(C(=O)O)n3)CCN(Cc3cc(C#Cc4cccc(N)c4)cc(C(=O)OC)n3)CC2)n1. The van der Waals surface area contributed by atoms with E-state index < -0.39 is 17.9 Å². The number of nitrogen functional groups attached to an aromatic ring is 1. The van der Waals surface area contributed by atoms with Crippen molar-refractivity contribution < 1.29 is 29.0 Å². The van der Waals surface area contributed by atoms with Gasteiger partial charge in [-0.05, 0) is 78.9 Å². The Labute approximate surface area is 384 Å². The summed E-state index contributed by atoms with van der Waals surface area (Å²) in [5.74, 6) is 16.6. The number of carbonyl (C=O) groups excluding carboxylic acids is 2. The molecule has 0 saturated carbocycles. The Bertz CT molecular complexity index is 2910. The number of hydrogen-bond acceptors (Lipinski definition) is 12. The molecule has 1 saturated heterocycles. The maximum Gasteiger partial charge on any atom is 0.356 e. The van der Waals surface area contributed by atoms with E-state index in [9.17, 15) is 19.5 Å². The monoisotopic (exact) mass is 877 g/mol. The number of aromatic nitrogens is 3. The van der Waals surface area contributed by atoms with Gasteiger partial charge in [0.05, 0.1) is 31.3 Å². The highest BCUT2D eigenvalue weighted by molar-refractivity contribution is 5.88. The molecule has 66 heavy (non-hydrogen) atoms. The fraction of sp³-hybridized carbons (Fsp3) is 0.208. The zero-order valence-corrected chi connectivity index (χ0v) is 36.7. The quantitative estimate of drug-likeness (QED) is 0.103. The Morgan fingerprint density at radius 2 is 0.833 bits per heavy atom. The largest absolute Gasteiger partial charge is 0.477 e. The number of anilines is 1. The summed E-state index contributed by atoms with van der Waals surface area (Å²) >= 11 is 0. The van der Waals surface area contributed by atoms with Crippen molar-refractivity contribution >= 4 is 23.6 Å². The van der Waals surface area contributed by atoms with E-state index in [4.69, 9.17) is 25.2 Å². The lowest BCUT2D eigenvalue weighted by Crippen LogP contribution is -2.36. The van der Waals surface area contributed by atoms with Crippen molar-refractivity contribution in [1.82, 2.24) is 29.7 Å². The summed E-state index contributed by atoms with van der Waals surface area (Å²) in [4.78, 5) is 58.6. The Kier molecular flexibility index (Phi) is 15.6. The number of hydrogen-bond donors (Lipinski definition) is 2. The average molecular weight is 878 g/mol. The Hall–Kier alpha value is -8.12. The topological polar surface area (TPSA) is 164 Å². The zero-order valence-electron chi connectivity index (χ0n) is 36.7. The van der Waals surface area contributed by atoms with Gasteiger partial charge in [0.2, 0.25) is 0 Å². The summed E-state index contributed by atoms with van der Waals surface area (Å²) in [6.45, 7) is 4.69. The molecule has 0 aliphatic carbocycles. The second kappa shape index (κ2) is 22.5. The molecule has 7 rings (SSSR count). The van der Waals surface area contributed by atoms with Crippen LogP contribution in [-0.4, -0.2) is 106 Å². The summed E-state index contributed by atoms with van der Waals surface area (Å²) in [5, 5.41) is 10.0. The number of nitrogens with zero attached hydrogens (tertiary/aromatic N) is 6. The number of rotatable bonds is 9. The van der Waals surface area contributed by atoms with Gasteiger partial charge in [0.25, 0.3) is 0 Å². The van der Waals surface area contributed by atoms with Gasteiger partial charge in [0.1, 0.15) is 17.1 Å². The highest BCUT2D eigenvalue weighted by Crippen LogP contribution is 2.16. The first-order valence-corrected chi connectivity index (χ1v) is 21.2. The fourth-order valence-corrected chi connectivity index (χ4v) is 7.19. The highest BCUT2D eigenvalue weighted by atomic mass is 16.5. The lowest BCUT2D eigenvalue weighted by Gasteiger charge is -2.25. The summed E-state index contributed by atoms with van der Waals surface area (Å²) in [6, 6.07) is 36.7. The molecule has 4 heterocycles. The Balaban J connectivity index is 1.20. The first-order valence-electron chi connectivity index (χ1n) is 21.2. The maximum atomic E-state index is 12.9. The van der Waals surface area contributed by atoms with E-state index >= 15 is 0 Å². The number of carbonyl (C=O) groups is 3. The normalized spacial score (nSPS) is 13.2. The van der Waals surface area contributed by atoms with E-state index in [0.717, 1.165) is 16.7 Å². The van der Waals surface area contributed by atoms with Gasteiger partial charge in [-0.3, -0.25) is 14.7 Å². The third-order valence-corrected chi connectivity index (χ3v) is 10.5. The van der Waals surface area contributed by atoms with Crippen LogP contribution < -0.4 is 5.73 Å². The molecule has 1 fully saturated rings. The van der Waals surface area contributed by atoms with Crippen LogP contribution in [0.5, 0.6) is 0 Å². The molecule has 330 valence electrons. The van der Waals surface area contributed by atoms with Gasteiger partial charge in [0, 0.05) is 98.0 Å². The minimum Gasteiger partial charge on any atom is -0.477 e. The summed E-state index contributed by atoms with van der Waals surface area (Å²) in [5.41, 5.74) is 12.7. The predicted octanol–water partition coefficient (Wildman–Crippen LogP) is 5.74. The standard InChI is InChI=1S/C53H47N7O6/c1-65-52(63)49-33-42(20-17-39-12-7-4-8-13-39)30-46(56-49)36-59-24-22-58(35-45-29-41(32-48(55-45)51(61)62)19-16-38-10-5-3-6-11-38)23-25-60(27-26-59)37-47-31-43(34-50(57-47)53(64)66-2)21-18-40-14-9-15-44(54)28-40/h3-15,28-34H,22-27,35-37,54H2,1-2H3,(H,61,62). The molecular formula is C53H47N7O6. The zero-order chi connectivity index (χ0) is 46.3. The number of esters is 2. The molecule has 1 aliphatic heterocycles. The predicted molar refractivity (Wildman–Crippen MR) is 250 cm³/mol.